The molecule has 0 saturated heterocycles. The lowest BCUT2D eigenvalue weighted by molar-refractivity contribution is 0.0947. The molecule has 2 nitrogen and oxygen atoms in total. The van der Waals surface area contributed by atoms with Gasteiger partial charge in [-0.15, -0.1) is 0 Å². The van der Waals surface area contributed by atoms with E-state index in [0.29, 0.717) is 5.41 Å². The summed E-state index contributed by atoms with van der Waals surface area (Å²) in [5.74, 6) is 0. The number of benzene rings is 1. The summed E-state index contributed by atoms with van der Waals surface area (Å²) in [6.45, 7) is 1.05. The monoisotopic (exact) mass is 258 g/mol. The van der Waals surface area contributed by atoms with Gasteiger partial charge in [0, 0.05) is 18.0 Å². The first-order valence-corrected chi connectivity index (χ1v) is 7.77. The summed E-state index contributed by atoms with van der Waals surface area (Å²) in [6, 6.07) is 7.20. The van der Waals surface area contributed by atoms with Crippen LogP contribution >= 0.6 is 0 Å². The van der Waals surface area contributed by atoms with Crippen LogP contribution in [-0.4, -0.2) is 13.6 Å². The highest BCUT2D eigenvalue weighted by atomic mass is 14.9. The normalized spacial score (nSPS) is 22.4. The summed E-state index contributed by atoms with van der Waals surface area (Å²) < 4.78 is 0. The van der Waals surface area contributed by atoms with Crippen LogP contribution in [0.25, 0.3) is 0 Å². The van der Waals surface area contributed by atoms with Crippen LogP contribution in [-0.2, 0) is 12.8 Å². The lowest BCUT2D eigenvalue weighted by Gasteiger charge is -2.46. The zero-order valence-electron chi connectivity index (χ0n) is 12.0. The Morgan fingerprint density at radius 1 is 1.16 bits per heavy atom. The third-order valence-corrected chi connectivity index (χ3v) is 5.27. The molecule has 2 aliphatic rings. The van der Waals surface area contributed by atoms with Crippen molar-refractivity contribution < 1.29 is 0 Å². The van der Waals surface area contributed by atoms with Gasteiger partial charge in [0.15, 0.2) is 0 Å². The second kappa shape index (κ2) is 5.26. The second-order valence-electron chi connectivity index (χ2n) is 6.46. The molecule has 0 aromatic heterocycles. The van der Waals surface area contributed by atoms with Crippen molar-refractivity contribution in [2.45, 2.75) is 51.0 Å². The number of nitrogens with one attached hydrogen (secondary N) is 1. The molecule has 104 valence electrons. The summed E-state index contributed by atoms with van der Waals surface area (Å²) in [5.41, 5.74) is 11.4. The molecule has 19 heavy (non-hydrogen) atoms. The SMILES string of the molecule is CNCC1(C(N)c2ccc3c(c2)CCCC3)CCC1. The predicted octanol–water partition coefficient (Wildman–Crippen LogP) is 2.95. The van der Waals surface area contributed by atoms with E-state index in [1.807, 2.05) is 7.05 Å². The van der Waals surface area contributed by atoms with E-state index >= 15 is 0 Å². The Bertz CT molecular complexity index is 449. The smallest absolute Gasteiger partial charge is 0.0364 e. The van der Waals surface area contributed by atoms with Crippen molar-refractivity contribution in [2.24, 2.45) is 11.1 Å². The number of fused-ring (bicyclic) bond motifs is 1. The number of aryl methyl sites for hydroxylation is 2. The van der Waals surface area contributed by atoms with Crippen LogP contribution in [0.1, 0.15) is 54.8 Å². The first-order valence-electron chi connectivity index (χ1n) is 7.77. The second-order valence-corrected chi connectivity index (χ2v) is 6.46. The van der Waals surface area contributed by atoms with Crippen molar-refractivity contribution in [3.8, 4) is 0 Å². The Kier molecular flexibility index (Phi) is 3.64. The zero-order chi connectivity index (χ0) is 13.3. The van der Waals surface area contributed by atoms with Crippen molar-refractivity contribution >= 4 is 0 Å². The van der Waals surface area contributed by atoms with Crippen LogP contribution < -0.4 is 11.1 Å². The zero-order valence-corrected chi connectivity index (χ0v) is 12.0. The molecule has 2 aliphatic carbocycles. The number of hydrogen-bond acceptors (Lipinski definition) is 2. The molecule has 1 saturated carbocycles. The van der Waals surface area contributed by atoms with Crippen molar-refractivity contribution in [1.29, 1.82) is 0 Å². The van der Waals surface area contributed by atoms with Crippen LogP contribution in [0.2, 0.25) is 0 Å². The van der Waals surface area contributed by atoms with E-state index in [-0.39, 0.29) is 6.04 Å². The van der Waals surface area contributed by atoms with E-state index in [2.05, 4.69) is 23.5 Å². The summed E-state index contributed by atoms with van der Waals surface area (Å²) in [4.78, 5) is 0. The van der Waals surface area contributed by atoms with Gasteiger partial charge < -0.3 is 11.1 Å². The van der Waals surface area contributed by atoms with Crippen molar-refractivity contribution in [3.63, 3.8) is 0 Å². The minimum absolute atomic E-state index is 0.195. The summed E-state index contributed by atoms with van der Waals surface area (Å²) in [7, 11) is 2.04. The summed E-state index contributed by atoms with van der Waals surface area (Å²) >= 11 is 0. The first kappa shape index (κ1) is 13.1. The third-order valence-electron chi connectivity index (χ3n) is 5.27. The third kappa shape index (κ3) is 2.32. The molecule has 0 aliphatic heterocycles. The Hall–Kier alpha value is -0.860. The fourth-order valence-corrected chi connectivity index (χ4v) is 3.88. The van der Waals surface area contributed by atoms with Gasteiger partial charge in [0.2, 0.25) is 0 Å². The average Bonchev–Trinajstić information content (AvgIpc) is 2.41. The van der Waals surface area contributed by atoms with Gasteiger partial charge in [-0.25, -0.2) is 0 Å². The number of rotatable bonds is 4. The van der Waals surface area contributed by atoms with Gasteiger partial charge in [-0.1, -0.05) is 24.6 Å². The number of hydrogen-bond donors (Lipinski definition) is 2. The first-order chi connectivity index (χ1) is 9.25. The highest BCUT2D eigenvalue weighted by Crippen LogP contribution is 2.48. The Balaban J connectivity index is 1.85. The predicted molar refractivity (Wildman–Crippen MR) is 80.2 cm³/mol. The highest BCUT2D eigenvalue weighted by Gasteiger charge is 2.42. The molecule has 1 unspecified atom stereocenters. The van der Waals surface area contributed by atoms with E-state index in [1.54, 1.807) is 11.1 Å². The average molecular weight is 258 g/mol. The maximum Gasteiger partial charge on any atom is 0.0364 e. The van der Waals surface area contributed by atoms with Gasteiger partial charge in [-0.2, -0.15) is 0 Å². The molecule has 3 N–H and O–H groups in total. The van der Waals surface area contributed by atoms with E-state index in [1.165, 1.54) is 50.5 Å². The molecule has 2 heteroatoms. The molecule has 0 amide bonds. The van der Waals surface area contributed by atoms with Crippen molar-refractivity contribution in [1.82, 2.24) is 5.32 Å². The topological polar surface area (TPSA) is 38.0 Å². The van der Waals surface area contributed by atoms with Crippen LogP contribution in [0.4, 0.5) is 0 Å². The molecule has 0 bridgehead atoms. The van der Waals surface area contributed by atoms with E-state index in [4.69, 9.17) is 5.73 Å². The lowest BCUT2D eigenvalue weighted by atomic mass is 9.62. The van der Waals surface area contributed by atoms with Gasteiger partial charge in [-0.3, -0.25) is 0 Å². The summed E-state index contributed by atoms with van der Waals surface area (Å²) in [6.07, 6.45) is 9.06. The molecule has 1 atom stereocenters. The van der Waals surface area contributed by atoms with Crippen molar-refractivity contribution in [2.75, 3.05) is 13.6 Å². The molecule has 1 fully saturated rings. The molecular weight excluding hydrogens is 232 g/mol. The molecular formula is C17H26N2. The maximum atomic E-state index is 6.61. The van der Waals surface area contributed by atoms with Crippen molar-refractivity contribution in [3.05, 3.63) is 34.9 Å². The molecule has 0 radical (unpaired) electrons. The van der Waals surface area contributed by atoms with E-state index in [0.717, 1.165) is 6.54 Å². The van der Waals surface area contributed by atoms with Crippen LogP contribution in [0.3, 0.4) is 0 Å². The van der Waals surface area contributed by atoms with Crippen LogP contribution in [0.5, 0.6) is 0 Å². The Labute approximate surface area is 116 Å². The van der Waals surface area contributed by atoms with Gasteiger partial charge in [0.05, 0.1) is 0 Å². The van der Waals surface area contributed by atoms with Crippen LogP contribution in [0.15, 0.2) is 18.2 Å². The molecule has 0 heterocycles. The van der Waals surface area contributed by atoms with E-state index in [9.17, 15) is 0 Å². The quantitative estimate of drug-likeness (QED) is 0.871. The van der Waals surface area contributed by atoms with Crippen LogP contribution in [0, 0.1) is 5.41 Å². The fourth-order valence-electron chi connectivity index (χ4n) is 3.88. The number of nitrogens with two attached hydrogens (primary N) is 1. The molecule has 0 spiro atoms. The van der Waals surface area contributed by atoms with Gasteiger partial charge >= 0.3 is 0 Å². The minimum Gasteiger partial charge on any atom is -0.323 e. The lowest BCUT2D eigenvalue weighted by Crippen LogP contribution is -2.47. The fraction of sp³-hybridized carbons (Fsp3) is 0.647. The minimum atomic E-state index is 0.195. The van der Waals surface area contributed by atoms with Gasteiger partial charge in [-0.05, 0) is 62.3 Å². The van der Waals surface area contributed by atoms with Gasteiger partial charge in [0.25, 0.3) is 0 Å². The van der Waals surface area contributed by atoms with Gasteiger partial charge in [0.1, 0.15) is 0 Å². The Morgan fingerprint density at radius 3 is 2.53 bits per heavy atom. The molecule has 1 aromatic rings. The molecule has 3 rings (SSSR count). The maximum absolute atomic E-state index is 6.61. The summed E-state index contributed by atoms with van der Waals surface area (Å²) in [5, 5.41) is 3.34. The largest absolute Gasteiger partial charge is 0.323 e. The van der Waals surface area contributed by atoms with E-state index < -0.39 is 0 Å². The Morgan fingerprint density at radius 2 is 1.89 bits per heavy atom. The molecule has 1 aromatic carbocycles. The highest BCUT2D eigenvalue weighted by molar-refractivity contribution is 5.36. The standard InChI is InChI=1S/C17H26N2/c1-19-12-17(9-4-10-17)16(18)15-8-7-13-5-2-3-6-14(13)11-15/h7-8,11,16,19H,2-6,9-10,12,18H2,1H3.